The third-order valence-electron chi connectivity index (χ3n) is 4.90. The first kappa shape index (κ1) is 22.5. The Balaban J connectivity index is 2.99. The van der Waals surface area contributed by atoms with E-state index in [1.165, 1.54) is 0 Å². The van der Waals surface area contributed by atoms with Gasteiger partial charge in [0.1, 0.15) is 5.85 Å². The van der Waals surface area contributed by atoms with E-state index in [4.69, 9.17) is 13.4 Å². The lowest BCUT2D eigenvalue weighted by Crippen LogP contribution is -2.36. The molecule has 0 radical (unpaired) electrons. The van der Waals surface area contributed by atoms with E-state index in [1.54, 1.807) is 38.3 Å². The van der Waals surface area contributed by atoms with Crippen molar-refractivity contribution in [2.75, 3.05) is 7.11 Å². The number of hydrogen-bond donors (Lipinski definition) is 0. The summed E-state index contributed by atoms with van der Waals surface area (Å²) in [5.74, 6) is -0.345. The Hall–Kier alpha value is -0.520. The van der Waals surface area contributed by atoms with Crippen molar-refractivity contribution < 1.29 is 21.9 Å². The lowest BCUT2D eigenvalue weighted by molar-refractivity contribution is -0.152. The summed E-state index contributed by atoms with van der Waals surface area (Å²) in [6, 6.07) is 6.65. The van der Waals surface area contributed by atoms with Gasteiger partial charge in [-0.2, -0.15) is 8.42 Å². The smallest absolute Gasteiger partial charge is 0.299 e. The molecule has 0 aliphatic carbocycles. The van der Waals surface area contributed by atoms with Gasteiger partial charge < -0.3 is 9.47 Å². The fourth-order valence-electron chi connectivity index (χ4n) is 2.71. The van der Waals surface area contributed by atoms with Gasteiger partial charge >= 0.3 is 0 Å². The van der Waals surface area contributed by atoms with E-state index in [1.807, 2.05) is 6.92 Å². The number of rotatable bonds is 11. The molecule has 0 aliphatic heterocycles. The molecule has 0 saturated carbocycles. The van der Waals surface area contributed by atoms with Crippen LogP contribution in [0.25, 0.3) is 0 Å². The third-order valence-corrected chi connectivity index (χ3v) is 7.98. The number of hydrogen-bond acceptors (Lipinski definition) is 5. The Bertz CT molecular complexity index is 603. The van der Waals surface area contributed by atoms with Crippen LogP contribution in [0.3, 0.4) is 0 Å². The SMILES string of the molecule is CCC(CC)(CC)C(OC(C)OC)POS(=O)(=O)c1ccc(C)cc1. The highest BCUT2D eigenvalue weighted by molar-refractivity contribution is 7.89. The molecule has 3 atom stereocenters. The van der Waals surface area contributed by atoms with Crippen LogP contribution in [0.2, 0.25) is 0 Å². The zero-order valence-electron chi connectivity index (χ0n) is 16.0. The van der Waals surface area contributed by atoms with Gasteiger partial charge in [-0.15, -0.1) is 0 Å². The molecular formula is C18H31O5PS. The van der Waals surface area contributed by atoms with Crippen molar-refractivity contribution in [1.29, 1.82) is 0 Å². The van der Waals surface area contributed by atoms with Gasteiger partial charge in [0.15, 0.2) is 6.29 Å². The number of aryl methyl sites for hydroxylation is 1. The molecule has 25 heavy (non-hydrogen) atoms. The number of methoxy groups -OCH3 is 1. The molecule has 0 aliphatic rings. The minimum absolute atomic E-state index is 0.145. The molecule has 0 aromatic heterocycles. The standard InChI is InChI=1S/C18H31O5PS/c1-7-18(8-2,9-3)17(22-15(5)21-6)24-23-25(19,20)16-12-10-14(4)11-13-16/h10-13,15,17,24H,7-9H2,1-6H3. The van der Waals surface area contributed by atoms with Gasteiger partial charge in [0.2, 0.25) is 0 Å². The molecule has 0 fully saturated rings. The molecule has 1 rings (SSSR count). The van der Waals surface area contributed by atoms with Crippen LogP contribution in [0.4, 0.5) is 0 Å². The average Bonchev–Trinajstić information content (AvgIpc) is 2.61. The van der Waals surface area contributed by atoms with Crippen molar-refractivity contribution in [1.82, 2.24) is 0 Å². The van der Waals surface area contributed by atoms with Gasteiger partial charge in [0.25, 0.3) is 10.1 Å². The van der Waals surface area contributed by atoms with Crippen molar-refractivity contribution in [3.63, 3.8) is 0 Å². The van der Waals surface area contributed by atoms with Crippen molar-refractivity contribution in [2.24, 2.45) is 5.41 Å². The van der Waals surface area contributed by atoms with E-state index < -0.39 is 16.4 Å². The molecule has 0 bridgehead atoms. The molecule has 0 N–H and O–H groups in total. The summed E-state index contributed by atoms with van der Waals surface area (Å²) in [4.78, 5) is 0.166. The van der Waals surface area contributed by atoms with Crippen molar-refractivity contribution in [3.05, 3.63) is 29.8 Å². The van der Waals surface area contributed by atoms with Gasteiger partial charge in [0.05, 0.1) is 13.7 Å². The van der Waals surface area contributed by atoms with Crippen LogP contribution < -0.4 is 0 Å². The summed E-state index contributed by atoms with van der Waals surface area (Å²) in [7, 11) is -2.56. The highest BCUT2D eigenvalue weighted by Crippen LogP contribution is 2.46. The molecule has 7 heteroatoms. The van der Waals surface area contributed by atoms with Crippen molar-refractivity contribution in [2.45, 2.75) is 70.9 Å². The van der Waals surface area contributed by atoms with Crippen LogP contribution >= 0.6 is 8.81 Å². The van der Waals surface area contributed by atoms with E-state index in [0.717, 1.165) is 24.8 Å². The summed E-state index contributed by atoms with van der Waals surface area (Å²) in [5, 5.41) is 0. The summed E-state index contributed by atoms with van der Waals surface area (Å²) >= 11 is 0. The second-order valence-electron chi connectivity index (χ2n) is 6.21. The molecule has 0 amide bonds. The zero-order chi connectivity index (χ0) is 19.1. The van der Waals surface area contributed by atoms with Crippen LogP contribution in [0, 0.1) is 12.3 Å². The van der Waals surface area contributed by atoms with Crippen LogP contribution in [0.5, 0.6) is 0 Å². The van der Waals surface area contributed by atoms with Gasteiger partial charge in [-0.1, -0.05) is 38.5 Å². The minimum atomic E-state index is -3.81. The van der Waals surface area contributed by atoms with Gasteiger partial charge in [-0.3, -0.25) is 0 Å². The Morgan fingerprint density at radius 1 is 1.08 bits per heavy atom. The van der Waals surface area contributed by atoms with E-state index in [-0.39, 0.29) is 25.0 Å². The Morgan fingerprint density at radius 2 is 1.60 bits per heavy atom. The molecule has 5 nitrogen and oxygen atoms in total. The Labute approximate surface area is 154 Å². The fraction of sp³-hybridized carbons (Fsp3) is 0.667. The summed E-state index contributed by atoms with van der Waals surface area (Å²) in [6.45, 7) is 10.0. The molecule has 144 valence electrons. The lowest BCUT2D eigenvalue weighted by Gasteiger charge is -2.39. The number of ether oxygens (including phenoxy) is 2. The van der Waals surface area contributed by atoms with Crippen LogP contribution in [-0.4, -0.2) is 27.7 Å². The molecule has 3 unspecified atom stereocenters. The average molecular weight is 390 g/mol. The Morgan fingerprint density at radius 3 is 2.04 bits per heavy atom. The highest BCUT2D eigenvalue weighted by atomic mass is 32.2. The number of benzene rings is 1. The van der Waals surface area contributed by atoms with Gasteiger partial charge in [-0.25, -0.2) is 3.97 Å². The second-order valence-corrected chi connectivity index (χ2v) is 9.02. The van der Waals surface area contributed by atoms with E-state index in [2.05, 4.69) is 20.8 Å². The topological polar surface area (TPSA) is 61.8 Å². The first-order valence-electron chi connectivity index (χ1n) is 8.68. The van der Waals surface area contributed by atoms with Crippen LogP contribution in [-0.2, 0) is 23.6 Å². The van der Waals surface area contributed by atoms with E-state index in [9.17, 15) is 8.42 Å². The van der Waals surface area contributed by atoms with Gasteiger partial charge in [-0.05, 0) is 45.2 Å². The minimum Gasteiger partial charge on any atom is -0.356 e. The normalized spacial score (nSPS) is 15.6. The zero-order valence-corrected chi connectivity index (χ0v) is 17.9. The van der Waals surface area contributed by atoms with Crippen LogP contribution in [0.15, 0.2) is 29.2 Å². The van der Waals surface area contributed by atoms with E-state index >= 15 is 0 Å². The third kappa shape index (κ3) is 6.00. The van der Waals surface area contributed by atoms with E-state index in [0.29, 0.717) is 0 Å². The second kappa shape index (κ2) is 9.98. The summed E-state index contributed by atoms with van der Waals surface area (Å²) in [6.07, 6.45) is 2.21. The fourth-order valence-corrected chi connectivity index (χ4v) is 5.53. The molecule has 0 saturated heterocycles. The quantitative estimate of drug-likeness (QED) is 0.399. The predicted octanol–water partition coefficient (Wildman–Crippen LogP) is 4.85. The predicted molar refractivity (Wildman–Crippen MR) is 102 cm³/mol. The molecular weight excluding hydrogens is 359 g/mol. The Kier molecular flexibility index (Phi) is 8.99. The lowest BCUT2D eigenvalue weighted by atomic mass is 9.80. The first-order chi connectivity index (χ1) is 11.7. The summed E-state index contributed by atoms with van der Waals surface area (Å²) < 4.78 is 41.6. The van der Waals surface area contributed by atoms with Crippen LogP contribution in [0.1, 0.15) is 52.5 Å². The largest absolute Gasteiger partial charge is 0.356 e. The van der Waals surface area contributed by atoms with Gasteiger partial charge in [0, 0.05) is 12.5 Å². The highest BCUT2D eigenvalue weighted by Gasteiger charge is 2.38. The maximum atomic E-state index is 12.5. The molecule has 1 aromatic rings. The summed E-state index contributed by atoms with van der Waals surface area (Å²) in [5.41, 5.74) is 0.854. The monoisotopic (exact) mass is 390 g/mol. The maximum Gasteiger partial charge on any atom is 0.299 e. The van der Waals surface area contributed by atoms with Crippen molar-refractivity contribution in [3.8, 4) is 0 Å². The molecule has 0 heterocycles. The molecule has 1 aromatic carbocycles. The maximum absolute atomic E-state index is 12.5. The molecule has 0 spiro atoms. The first-order valence-corrected chi connectivity index (χ1v) is 11.1. The van der Waals surface area contributed by atoms with Crippen molar-refractivity contribution >= 4 is 18.9 Å².